The maximum absolute atomic E-state index is 5.14. The Morgan fingerprint density at radius 1 is 1.53 bits per heavy atom. The molecule has 5 nitrogen and oxygen atoms in total. The van der Waals surface area contributed by atoms with Gasteiger partial charge in [0.25, 0.3) is 0 Å². The van der Waals surface area contributed by atoms with Crippen molar-refractivity contribution in [2.45, 2.75) is 0 Å². The highest BCUT2D eigenvalue weighted by atomic mass is 32.1. The zero-order chi connectivity index (χ0) is 12.1. The van der Waals surface area contributed by atoms with Crippen LogP contribution in [0.25, 0.3) is 10.2 Å². The average Bonchev–Trinajstić information content (AvgIpc) is 2.76. The van der Waals surface area contributed by atoms with Crippen LogP contribution in [0.1, 0.15) is 0 Å². The second kappa shape index (κ2) is 5.85. The Labute approximate surface area is 108 Å². The van der Waals surface area contributed by atoms with Crippen molar-refractivity contribution in [3.05, 3.63) is 18.2 Å². The van der Waals surface area contributed by atoms with Gasteiger partial charge in [0.2, 0.25) is 0 Å². The predicted octanol–water partition coefficient (Wildman–Crippen LogP) is 1.62. The van der Waals surface area contributed by atoms with E-state index in [9.17, 15) is 0 Å². The van der Waals surface area contributed by atoms with Gasteiger partial charge in [-0.25, -0.2) is 0 Å². The summed E-state index contributed by atoms with van der Waals surface area (Å²) < 4.78 is 9.87. The Bertz CT molecular complexity index is 514. The van der Waals surface area contributed by atoms with Crippen LogP contribution < -0.4 is 10.6 Å². The Morgan fingerprint density at radius 3 is 3.24 bits per heavy atom. The Hall–Kier alpha value is -1.31. The van der Waals surface area contributed by atoms with Crippen molar-refractivity contribution in [1.82, 2.24) is 14.9 Å². The van der Waals surface area contributed by atoms with Crippen LogP contribution in [-0.4, -0.2) is 35.0 Å². The molecule has 0 atom stereocenters. The Morgan fingerprint density at radius 2 is 2.41 bits per heavy atom. The zero-order valence-electron chi connectivity index (χ0n) is 9.27. The molecule has 2 aromatic rings. The smallest absolute Gasteiger partial charge is 0.170 e. The van der Waals surface area contributed by atoms with E-state index in [0.29, 0.717) is 18.3 Å². The molecule has 1 aromatic heterocycles. The molecular weight excluding hydrogens is 256 g/mol. The number of benzene rings is 1. The first-order valence-corrected chi connectivity index (χ1v) is 6.23. The van der Waals surface area contributed by atoms with E-state index in [-0.39, 0.29) is 0 Å². The largest absolute Gasteiger partial charge is 0.383 e. The molecule has 0 aliphatic rings. The van der Waals surface area contributed by atoms with Crippen LogP contribution in [0.2, 0.25) is 0 Å². The summed E-state index contributed by atoms with van der Waals surface area (Å²) in [4.78, 5) is 0. The maximum atomic E-state index is 5.14. The van der Waals surface area contributed by atoms with Gasteiger partial charge in [-0.05, 0) is 41.9 Å². The van der Waals surface area contributed by atoms with Gasteiger partial charge in [-0.1, -0.05) is 4.49 Å². The molecule has 0 saturated carbocycles. The van der Waals surface area contributed by atoms with Crippen molar-refractivity contribution >= 4 is 44.8 Å². The molecule has 2 rings (SSSR count). The van der Waals surface area contributed by atoms with E-state index < -0.39 is 0 Å². The first-order chi connectivity index (χ1) is 8.29. The summed E-state index contributed by atoms with van der Waals surface area (Å²) in [6.45, 7) is 1.31. The fourth-order valence-electron chi connectivity index (χ4n) is 1.30. The molecule has 0 radical (unpaired) electrons. The standard InChI is InChI=1S/C10H12N4OS2/c1-15-5-4-11-10(16)12-7-2-3-9-8(6-7)13-14-17-9/h2-3,6H,4-5H2,1H3,(H2,11,12,16). The molecule has 0 spiro atoms. The summed E-state index contributed by atoms with van der Waals surface area (Å²) in [6, 6.07) is 5.84. The van der Waals surface area contributed by atoms with E-state index >= 15 is 0 Å². The fraction of sp³-hybridized carbons (Fsp3) is 0.300. The third-order valence-corrected chi connectivity index (χ3v) is 3.05. The van der Waals surface area contributed by atoms with E-state index in [1.165, 1.54) is 11.5 Å². The summed E-state index contributed by atoms with van der Waals surface area (Å²) >= 11 is 6.52. The molecule has 0 bridgehead atoms. The lowest BCUT2D eigenvalue weighted by atomic mass is 10.3. The van der Waals surface area contributed by atoms with E-state index in [2.05, 4.69) is 20.2 Å². The highest BCUT2D eigenvalue weighted by molar-refractivity contribution is 7.80. The molecule has 0 saturated heterocycles. The van der Waals surface area contributed by atoms with Crippen LogP contribution in [0.5, 0.6) is 0 Å². The number of nitrogens with zero attached hydrogens (tertiary/aromatic N) is 2. The second-order valence-corrected chi connectivity index (χ2v) is 4.52. The van der Waals surface area contributed by atoms with Crippen LogP contribution in [0, 0.1) is 0 Å². The van der Waals surface area contributed by atoms with Gasteiger partial charge in [0.1, 0.15) is 5.52 Å². The maximum Gasteiger partial charge on any atom is 0.170 e. The normalized spacial score (nSPS) is 10.4. The van der Waals surface area contributed by atoms with Gasteiger partial charge in [-0.3, -0.25) is 0 Å². The number of thiocarbonyl (C=S) groups is 1. The SMILES string of the molecule is COCCNC(=S)Nc1ccc2snnc2c1. The minimum atomic E-state index is 0.574. The van der Waals surface area contributed by atoms with Gasteiger partial charge >= 0.3 is 0 Å². The first-order valence-electron chi connectivity index (χ1n) is 5.05. The van der Waals surface area contributed by atoms with Gasteiger partial charge < -0.3 is 15.4 Å². The number of hydrogen-bond donors (Lipinski definition) is 2. The van der Waals surface area contributed by atoms with Crippen LogP contribution in [0.3, 0.4) is 0 Å². The van der Waals surface area contributed by atoms with Crippen molar-refractivity contribution < 1.29 is 4.74 Å². The lowest BCUT2D eigenvalue weighted by Crippen LogP contribution is -2.31. The average molecular weight is 268 g/mol. The number of anilines is 1. The summed E-state index contributed by atoms with van der Waals surface area (Å²) in [5.74, 6) is 0. The van der Waals surface area contributed by atoms with Crippen LogP contribution in [0.4, 0.5) is 5.69 Å². The van der Waals surface area contributed by atoms with Crippen LogP contribution in [0.15, 0.2) is 18.2 Å². The number of rotatable bonds is 4. The molecule has 90 valence electrons. The van der Waals surface area contributed by atoms with Crippen molar-refractivity contribution in [1.29, 1.82) is 0 Å². The summed E-state index contributed by atoms with van der Waals surface area (Å²) in [6.07, 6.45) is 0. The molecule has 1 aromatic carbocycles. The monoisotopic (exact) mass is 268 g/mol. The number of methoxy groups -OCH3 is 1. The topological polar surface area (TPSA) is 59.1 Å². The molecule has 1 heterocycles. The van der Waals surface area contributed by atoms with Gasteiger partial charge in [-0.15, -0.1) is 5.10 Å². The molecule has 0 aliphatic heterocycles. The quantitative estimate of drug-likeness (QED) is 0.649. The second-order valence-electron chi connectivity index (χ2n) is 3.33. The molecule has 0 amide bonds. The van der Waals surface area contributed by atoms with E-state index in [0.717, 1.165) is 15.9 Å². The Balaban J connectivity index is 1.95. The molecule has 0 fully saturated rings. The van der Waals surface area contributed by atoms with Gasteiger partial charge in [0, 0.05) is 19.3 Å². The lowest BCUT2D eigenvalue weighted by molar-refractivity contribution is 0.204. The van der Waals surface area contributed by atoms with E-state index in [4.69, 9.17) is 17.0 Å². The van der Waals surface area contributed by atoms with Gasteiger partial charge in [0.05, 0.1) is 11.3 Å². The zero-order valence-corrected chi connectivity index (χ0v) is 10.9. The summed E-state index contributed by atoms with van der Waals surface area (Å²) in [5.41, 5.74) is 1.78. The van der Waals surface area contributed by atoms with Crippen molar-refractivity contribution in [2.75, 3.05) is 25.6 Å². The van der Waals surface area contributed by atoms with Gasteiger partial charge in [0.15, 0.2) is 5.11 Å². The summed E-state index contributed by atoms with van der Waals surface area (Å²) in [7, 11) is 1.65. The Kier molecular flexibility index (Phi) is 4.18. The minimum Gasteiger partial charge on any atom is -0.383 e. The van der Waals surface area contributed by atoms with Crippen LogP contribution >= 0.6 is 23.8 Å². The molecule has 0 aliphatic carbocycles. The molecule has 2 N–H and O–H groups in total. The van der Waals surface area contributed by atoms with Crippen molar-refractivity contribution in [3.63, 3.8) is 0 Å². The van der Waals surface area contributed by atoms with Crippen molar-refractivity contribution in [3.8, 4) is 0 Å². The van der Waals surface area contributed by atoms with Gasteiger partial charge in [-0.2, -0.15) is 0 Å². The van der Waals surface area contributed by atoms with E-state index in [1.807, 2.05) is 18.2 Å². The third-order valence-electron chi connectivity index (χ3n) is 2.10. The number of fused-ring (bicyclic) bond motifs is 1. The molecule has 7 heteroatoms. The molecule has 17 heavy (non-hydrogen) atoms. The summed E-state index contributed by atoms with van der Waals surface area (Å²) in [5, 5.41) is 10.7. The minimum absolute atomic E-state index is 0.574. The molecule has 0 unspecified atom stereocenters. The van der Waals surface area contributed by atoms with E-state index in [1.54, 1.807) is 7.11 Å². The van der Waals surface area contributed by atoms with Crippen LogP contribution in [-0.2, 0) is 4.74 Å². The predicted molar refractivity (Wildman–Crippen MR) is 73.5 cm³/mol. The highest BCUT2D eigenvalue weighted by Gasteiger charge is 2.01. The first kappa shape index (κ1) is 12.2. The lowest BCUT2D eigenvalue weighted by Gasteiger charge is -2.09. The van der Waals surface area contributed by atoms with Crippen molar-refractivity contribution in [2.24, 2.45) is 0 Å². The number of aromatic nitrogens is 2. The number of ether oxygens (including phenoxy) is 1. The third kappa shape index (κ3) is 3.32. The number of nitrogens with one attached hydrogen (secondary N) is 2. The number of hydrogen-bond acceptors (Lipinski definition) is 5. The fourth-order valence-corrected chi connectivity index (χ4v) is 2.06. The molecular formula is C10H12N4OS2. The highest BCUT2D eigenvalue weighted by Crippen LogP contribution is 2.19.